The van der Waals surface area contributed by atoms with E-state index in [1.807, 2.05) is 24.0 Å². The molecule has 2 saturated heterocycles. The molecule has 2 heterocycles. The van der Waals surface area contributed by atoms with E-state index in [0.29, 0.717) is 11.8 Å². The molecule has 0 saturated carbocycles. The number of nitrogens with zero attached hydrogens (tertiary/aromatic N) is 2. The number of halogens is 1. The Kier molecular flexibility index (Phi) is 4.77. The molecular weight excluding hydrogens is 279 g/mol. The Hall–Kier alpha value is -1.42. The van der Waals surface area contributed by atoms with Crippen LogP contribution in [0.4, 0.5) is 4.39 Å². The van der Waals surface area contributed by atoms with E-state index in [9.17, 15) is 9.18 Å². The highest BCUT2D eigenvalue weighted by Crippen LogP contribution is 2.22. The maximum Gasteiger partial charge on any atom is 0.222 e. The predicted molar refractivity (Wildman–Crippen MR) is 85.2 cm³/mol. The second-order valence-corrected chi connectivity index (χ2v) is 6.73. The Morgan fingerprint density at radius 2 is 2.14 bits per heavy atom. The molecular formula is C18H25FN2O. The Bertz CT molecular complexity index is 546. The van der Waals surface area contributed by atoms with E-state index in [0.717, 1.165) is 57.5 Å². The first kappa shape index (κ1) is 15.5. The summed E-state index contributed by atoms with van der Waals surface area (Å²) in [5, 5.41) is 0. The minimum atomic E-state index is -0.118. The van der Waals surface area contributed by atoms with Crippen molar-refractivity contribution >= 4 is 5.91 Å². The monoisotopic (exact) mass is 304 g/mol. The van der Waals surface area contributed by atoms with E-state index in [-0.39, 0.29) is 5.82 Å². The number of benzene rings is 1. The summed E-state index contributed by atoms with van der Waals surface area (Å²) >= 11 is 0. The molecule has 3 rings (SSSR count). The van der Waals surface area contributed by atoms with Crippen molar-refractivity contribution in [1.82, 2.24) is 9.80 Å². The van der Waals surface area contributed by atoms with Gasteiger partial charge in [0.2, 0.25) is 5.91 Å². The summed E-state index contributed by atoms with van der Waals surface area (Å²) in [6.45, 7) is 6.84. The minimum Gasteiger partial charge on any atom is -0.341 e. The summed E-state index contributed by atoms with van der Waals surface area (Å²) in [5.74, 6) is 0.851. The van der Waals surface area contributed by atoms with Crippen molar-refractivity contribution in [2.45, 2.75) is 32.6 Å². The molecule has 120 valence electrons. The van der Waals surface area contributed by atoms with Crippen LogP contribution >= 0.6 is 0 Å². The Labute approximate surface area is 132 Å². The lowest BCUT2D eigenvalue weighted by Crippen LogP contribution is -2.34. The smallest absolute Gasteiger partial charge is 0.222 e. The van der Waals surface area contributed by atoms with Crippen molar-refractivity contribution in [3.63, 3.8) is 0 Å². The molecule has 0 N–H and O–H groups in total. The standard InChI is InChI=1S/C18H25FN2O/c1-14-11-15(4-5-17(14)19)12-16-6-8-20(13-16)9-10-21-7-2-3-18(21)22/h4-5,11,16H,2-3,6-10,12-13H2,1H3. The SMILES string of the molecule is Cc1cc(CC2CCN(CCN3CCCC3=O)C2)ccc1F. The number of hydrogen-bond donors (Lipinski definition) is 0. The number of rotatable bonds is 5. The van der Waals surface area contributed by atoms with Gasteiger partial charge in [0, 0.05) is 32.6 Å². The average Bonchev–Trinajstić information content (AvgIpc) is 3.10. The van der Waals surface area contributed by atoms with Gasteiger partial charge in [-0.1, -0.05) is 12.1 Å². The van der Waals surface area contributed by atoms with Gasteiger partial charge in [-0.05, 0) is 55.8 Å². The van der Waals surface area contributed by atoms with Crippen LogP contribution in [-0.4, -0.2) is 48.4 Å². The molecule has 2 aliphatic rings. The third kappa shape index (κ3) is 3.67. The second kappa shape index (κ2) is 6.78. The van der Waals surface area contributed by atoms with Crippen LogP contribution in [0.15, 0.2) is 18.2 Å². The molecule has 22 heavy (non-hydrogen) atoms. The molecule has 3 nitrogen and oxygen atoms in total. The highest BCUT2D eigenvalue weighted by atomic mass is 19.1. The van der Waals surface area contributed by atoms with Crippen LogP contribution in [0.3, 0.4) is 0 Å². The molecule has 0 bridgehead atoms. The van der Waals surface area contributed by atoms with Crippen LogP contribution in [-0.2, 0) is 11.2 Å². The summed E-state index contributed by atoms with van der Waals surface area (Å²) in [7, 11) is 0. The van der Waals surface area contributed by atoms with Crippen molar-refractivity contribution < 1.29 is 9.18 Å². The number of likely N-dealkylation sites (tertiary alicyclic amines) is 2. The fraction of sp³-hybridized carbons (Fsp3) is 0.611. The lowest BCUT2D eigenvalue weighted by Gasteiger charge is -2.21. The number of hydrogen-bond acceptors (Lipinski definition) is 2. The Balaban J connectivity index is 1.45. The van der Waals surface area contributed by atoms with E-state index in [2.05, 4.69) is 4.90 Å². The highest BCUT2D eigenvalue weighted by Gasteiger charge is 2.25. The summed E-state index contributed by atoms with van der Waals surface area (Å²) in [4.78, 5) is 16.1. The van der Waals surface area contributed by atoms with Crippen LogP contribution in [0.1, 0.15) is 30.4 Å². The summed E-state index contributed by atoms with van der Waals surface area (Å²) < 4.78 is 13.3. The van der Waals surface area contributed by atoms with Crippen molar-refractivity contribution in [3.05, 3.63) is 35.1 Å². The van der Waals surface area contributed by atoms with Crippen LogP contribution in [0.5, 0.6) is 0 Å². The van der Waals surface area contributed by atoms with E-state index in [1.54, 1.807) is 6.07 Å². The summed E-state index contributed by atoms with van der Waals surface area (Å²) in [5.41, 5.74) is 1.97. The van der Waals surface area contributed by atoms with Gasteiger partial charge >= 0.3 is 0 Å². The van der Waals surface area contributed by atoms with Gasteiger partial charge in [0.05, 0.1) is 0 Å². The fourth-order valence-electron chi connectivity index (χ4n) is 3.65. The van der Waals surface area contributed by atoms with Crippen molar-refractivity contribution in [1.29, 1.82) is 0 Å². The number of carbonyl (C=O) groups is 1. The van der Waals surface area contributed by atoms with E-state index < -0.39 is 0 Å². The maximum absolute atomic E-state index is 13.3. The van der Waals surface area contributed by atoms with E-state index in [1.165, 1.54) is 12.0 Å². The first-order chi connectivity index (χ1) is 10.6. The highest BCUT2D eigenvalue weighted by molar-refractivity contribution is 5.78. The van der Waals surface area contributed by atoms with Crippen molar-refractivity contribution in [3.8, 4) is 0 Å². The number of carbonyl (C=O) groups excluding carboxylic acids is 1. The van der Waals surface area contributed by atoms with Gasteiger partial charge in [0.1, 0.15) is 5.82 Å². The van der Waals surface area contributed by atoms with Gasteiger partial charge in [0.25, 0.3) is 0 Å². The third-order valence-corrected chi connectivity index (χ3v) is 4.97. The van der Waals surface area contributed by atoms with E-state index in [4.69, 9.17) is 0 Å². The van der Waals surface area contributed by atoms with Gasteiger partial charge in [-0.15, -0.1) is 0 Å². The van der Waals surface area contributed by atoms with Gasteiger partial charge < -0.3 is 9.80 Å². The molecule has 4 heteroatoms. The Morgan fingerprint density at radius 1 is 1.27 bits per heavy atom. The molecule has 1 aromatic rings. The molecule has 1 unspecified atom stereocenters. The lowest BCUT2D eigenvalue weighted by molar-refractivity contribution is -0.127. The van der Waals surface area contributed by atoms with Crippen LogP contribution in [0.2, 0.25) is 0 Å². The minimum absolute atomic E-state index is 0.118. The average molecular weight is 304 g/mol. The summed E-state index contributed by atoms with van der Waals surface area (Å²) in [6, 6.07) is 5.46. The molecule has 1 aromatic carbocycles. The van der Waals surface area contributed by atoms with Gasteiger partial charge in [-0.3, -0.25) is 4.79 Å². The molecule has 0 spiro atoms. The summed E-state index contributed by atoms with van der Waals surface area (Å²) in [6.07, 6.45) is 3.97. The lowest BCUT2D eigenvalue weighted by atomic mass is 9.97. The molecule has 0 radical (unpaired) electrons. The zero-order valence-electron chi connectivity index (χ0n) is 13.4. The van der Waals surface area contributed by atoms with Crippen LogP contribution in [0.25, 0.3) is 0 Å². The largest absolute Gasteiger partial charge is 0.341 e. The zero-order chi connectivity index (χ0) is 15.5. The Morgan fingerprint density at radius 3 is 2.86 bits per heavy atom. The van der Waals surface area contributed by atoms with Gasteiger partial charge in [-0.2, -0.15) is 0 Å². The first-order valence-corrected chi connectivity index (χ1v) is 8.37. The zero-order valence-corrected chi connectivity index (χ0v) is 13.4. The van der Waals surface area contributed by atoms with Crippen molar-refractivity contribution in [2.75, 3.05) is 32.7 Å². The first-order valence-electron chi connectivity index (χ1n) is 8.37. The fourth-order valence-corrected chi connectivity index (χ4v) is 3.65. The normalized spacial score (nSPS) is 22.7. The number of amides is 1. The van der Waals surface area contributed by atoms with Crippen LogP contribution < -0.4 is 0 Å². The van der Waals surface area contributed by atoms with E-state index >= 15 is 0 Å². The van der Waals surface area contributed by atoms with Gasteiger partial charge in [-0.25, -0.2) is 4.39 Å². The molecule has 1 atom stereocenters. The second-order valence-electron chi connectivity index (χ2n) is 6.73. The van der Waals surface area contributed by atoms with Crippen molar-refractivity contribution in [2.24, 2.45) is 5.92 Å². The molecule has 2 aliphatic heterocycles. The topological polar surface area (TPSA) is 23.6 Å². The number of aryl methyl sites for hydroxylation is 1. The quantitative estimate of drug-likeness (QED) is 0.835. The van der Waals surface area contributed by atoms with Gasteiger partial charge in [0.15, 0.2) is 0 Å². The predicted octanol–water partition coefficient (Wildman–Crippen LogP) is 2.62. The maximum atomic E-state index is 13.3. The molecule has 0 aromatic heterocycles. The molecule has 2 fully saturated rings. The van der Waals surface area contributed by atoms with Crippen LogP contribution in [0, 0.1) is 18.7 Å². The molecule has 0 aliphatic carbocycles. The third-order valence-electron chi connectivity index (χ3n) is 4.97. The molecule has 1 amide bonds.